The zero-order valence-electron chi connectivity index (χ0n) is 7.11. The molecule has 0 amide bonds. The van der Waals surface area contributed by atoms with E-state index in [-0.39, 0.29) is 0 Å². The Morgan fingerprint density at radius 1 is 1.38 bits per heavy atom. The Balaban J connectivity index is 2.56. The quantitative estimate of drug-likeness (QED) is 0.581. The van der Waals surface area contributed by atoms with Crippen molar-refractivity contribution < 1.29 is 18.8 Å². The minimum atomic E-state index is -3.81. The molecule has 0 spiro atoms. The summed E-state index contributed by atoms with van der Waals surface area (Å²) in [5.41, 5.74) is -1.61. The van der Waals surface area contributed by atoms with Gasteiger partial charge in [-0.3, -0.25) is 0 Å². The summed E-state index contributed by atoms with van der Waals surface area (Å²) in [7, 11) is -3.81. The van der Waals surface area contributed by atoms with Crippen LogP contribution in [-0.2, 0) is 9.09 Å². The third kappa shape index (κ3) is 3.29. The molecule has 1 N–H and O–H groups in total. The first-order valence-corrected chi connectivity index (χ1v) is 6.26. The molecule has 13 heavy (non-hydrogen) atoms. The van der Waals surface area contributed by atoms with Crippen LogP contribution < -0.4 is 0 Å². The Bertz CT molecular complexity index is 237. The fourth-order valence-corrected chi connectivity index (χ4v) is 3.25. The van der Waals surface area contributed by atoms with Crippen LogP contribution >= 0.6 is 19.2 Å². The molecule has 76 valence electrons. The Morgan fingerprint density at radius 3 is 2.38 bits per heavy atom. The van der Waals surface area contributed by atoms with Crippen LogP contribution in [0.1, 0.15) is 32.1 Å². The molecule has 0 bridgehead atoms. The smallest absolute Gasteiger partial charge is 0.379 e. The van der Waals surface area contributed by atoms with Crippen molar-refractivity contribution in [3.05, 3.63) is 0 Å². The lowest BCUT2D eigenvalue weighted by Gasteiger charge is -2.24. The van der Waals surface area contributed by atoms with Gasteiger partial charge in [-0.1, -0.05) is 19.3 Å². The molecular formula is C7H12ClO4P. The van der Waals surface area contributed by atoms with Gasteiger partial charge in [0, 0.05) is 11.6 Å². The zero-order valence-corrected chi connectivity index (χ0v) is 8.76. The zero-order chi connectivity index (χ0) is 9.90. The summed E-state index contributed by atoms with van der Waals surface area (Å²) in [5.74, 6) is 0. The topological polar surface area (TPSA) is 63.6 Å². The molecule has 6 heteroatoms. The van der Waals surface area contributed by atoms with Gasteiger partial charge in [0.2, 0.25) is 0 Å². The maximum absolute atomic E-state index is 11.4. The number of carbonyl (C=O) groups is 1. The van der Waals surface area contributed by atoms with Gasteiger partial charge >= 0.3 is 13.0 Å². The summed E-state index contributed by atoms with van der Waals surface area (Å²) >= 11 is 4.89. The minimum absolute atomic E-state index is 0.413. The first-order valence-electron chi connectivity index (χ1n) is 4.24. The van der Waals surface area contributed by atoms with E-state index < -0.39 is 18.7 Å². The molecular weight excluding hydrogens is 214 g/mol. The van der Waals surface area contributed by atoms with Gasteiger partial charge in [-0.2, -0.15) is 0 Å². The van der Waals surface area contributed by atoms with Crippen LogP contribution in [0.5, 0.6) is 0 Å². The molecule has 1 atom stereocenters. The standard InChI is InChI=1S/C7H12ClO4P/c8-7(9)12-13(10,11)6-4-2-1-3-5-6/h6H,1-5H2,(H,10,11). The predicted octanol–water partition coefficient (Wildman–Crippen LogP) is 2.88. The average Bonchev–Trinajstić information content (AvgIpc) is 2.04. The van der Waals surface area contributed by atoms with Crippen LogP contribution in [0.15, 0.2) is 0 Å². The summed E-state index contributed by atoms with van der Waals surface area (Å²) in [4.78, 5) is 19.7. The molecule has 4 nitrogen and oxygen atoms in total. The Labute approximate surface area is 81.8 Å². The van der Waals surface area contributed by atoms with Crippen molar-refractivity contribution in [1.29, 1.82) is 0 Å². The Morgan fingerprint density at radius 2 is 1.92 bits per heavy atom. The van der Waals surface area contributed by atoms with Crippen molar-refractivity contribution in [2.75, 3.05) is 0 Å². The maximum atomic E-state index is 11.4. The summed E-state index contributed by atoms with van der Waals surface area (Å²) in [5, 5.41) is 0. The molecule has 1 unspecified atom stereocenters. The predicted molar refractivity (Wildman–Crippen MR) is 49.0 cm³/mol. The fourth-order valence-electron chi connectivity index (χ4n) is 1.58. The summed E-state index contributed by atoms with van der Waals surface area (Å²) < 4.78 is 15.6. The van der Waals surface area contributed by atoms with Crippen molar-refractivity contribution >= 4 is 24.6 Å². The molecule has 0 aromatic carbocycles. The highest BCUT2D eigenvalue weighted by Crippen LogP contribution is 2.53. The van der Waals surface area contributed by atoms with E-state index in [1.165, 1.54) is 0 Å². The number of carbonyl (C=O) groups excluding carboxylic acids is 1. The Kier molecular flexibility index (Phi) is 3.77. The second-order valence-electron chi connectivity index (χ2n) is 3.18. The van der Waals surface area contributed by atoms with E-state index in [4.69, 9.17) is 11.6 Å². The van der Waals surface area contributed by atoms with Crippen LogP contribution in [0.4, 0.5) is 4.79 Å². The van der Waals surface area contributed by atoms with Crippen LogP contribution in [0, 0.1) is 0 Å². The van der Waals surface area contributed by atoms with Crippen LogP contribution in [0.25, 0.3) is 0 Å². The SMILES string of the molecule is O=C(Cl)OP(=O)(O)C1CCCCC1. The van der Waals surface area contributed by atoms with E-state index >= 15 is 0 Å². The molecule has 1 fully saturated rings. The van der Waals surface area contributed by atoms with E-state index in [0.717, 1.165) is 19.3 Å². The molecule has 0 aliphatic heterocycles. The highest BCUT2D eigenvalue weighted by Gasteiger charge is 2.35. The van der Waals surface area contributed by atoms with E-state index in [1.807, 2.05) is 0 Å². The van der Waals surface area contributed by atoms with Crippen LogP contribution in [-0.4, -0.2) is 16.0 Å². The van der Waals surface area contributed by atoms with E-state index in [1.54, 1.807) is 0 Å². The molecule has 0 aromatic heterocycles. The highest BCUT2D eigenvalue weighted by molar-refractivity contribution is 7.54. The summed E-state index contributed by atoms with van der Waals surface area (Å²) in [6, 6.07) is 0. The monoisotopic (exact) mass is 226 g/mol. The van der Waals surface area contributed by atoms with Crippen molar-refractivity contribution in [2.24, 2.45) is 0 Å². The molecule has 0 radical (unpaired) electrons. The third-order valence-corrected chi connectivity index (χ3v) is 4.29. The van der Waals surface area contributed by atoms with Gasteiger partial charge in [0.25, 0.3) is 0 Å². The number of rotatable bonds is 2. The average molecular weight is 227 g/mol. The van der Waals surface area contributed by atoms with Crippen molar-refractivity contribution in [2.45, 2.75) is 37.8 Å². The highest BCUT2D eigenvalue weighted by atomic mass is 35.5. The normalized spacial score (nSPS) is 23.5. The summed E-state index contributed by atoms with van der Waals surface area (Å²) in [6.07, 6.45) is 4.17. The van der Waals surface area contributed by atoms with Crippen LogP contribution in [0.3, 0.4) is 0 Å². The van der Waals surface area contributed by atoms with Gasteiger partial charge in [0.1, 0.15) is 0 Å². The summed E-state index contributed by atoms with van der Waals surface area (Å²) in [6.45, 7) is 0. The molecule has 0 heterocycles. The van der Waals surface area contributed by atoms with Gasteiger partial charge in [-0.15, -0.1) is 0 Å². The lowest BCUT2D eigenvalue weighted by atomic mass is 10.0. The van der Waals surface area contributed by atoms with Crippen molar-refractivity contribution in [1.82, 2.24) is 0 Å². The van der Waals surface area contributed by atoms with Gasteiger partial charge in [0.05, 0.1) is 5.66 Å². The van der Waals surface area contributed by atoms with E-state index in [0.29, 0.717) is 12.8 Å². The first-order chi connectivity index (χ1) is 6.02. The molecule has 0 aromatic rings. The minimum Gasteiger partial charge on any atom is -0.379 e. The molecule has 1 rings (SSSR count). The fraction of sp³-hybridized carbons (Fsp3) is 0.857. The molecule has 0 saturated heterocycles. The number of halogens is 1. The molecule has 1 aliphatic rings. The van der Waals surface area contributed by atoms with Gasteiger partial charge in [0.15, 0.2) is 0 Å². The number of hydrogen-bond donors (Lipinski definition) is 1. The third-order valence-electron chi connectivity index (χ3n) is 2.24. The van der Waals surface area contributed by atoms with Gasteiger partial charge in [-0.25, -0.2) is 9.36 Å². The molecule has 1 saturated carbocycles. The van der Waals surface area contributed by atoms with Gasteiger partial charge in [-0.05, 0) is 12.8 Å². The first kappa shape index (κ1) is 11.0. The lowest BCUT2D eigenvalue weighted by molar-refractivity contribution is 0.214. The van der Waals surface area contributed by atoms with Crippen molar-refractivity contribution in [3.63, 3.8) is 0 Å². The number of hydrogen-bond acceptors (Lipinski definition) is 3. The van der Waals surface area contributed by atoms with Crippen molar-refractivity contribution in [3.8, 4) is 0 Å². The Hall–Kier alpha value is -0.0500. The second-order valence-corrected chi connectivity index (χ2v) is 5.53. The second kappa shape index (κ2) is 4.45. The maximum Gasteiger partial charge on any atom is 0.410 e. The lowest BCUT2D eigenvalue weighted by Crippen LogP contribution is -2.15. The van der Waals surface area contributed by atoms with Gasteiger partial charge < -0.3 is 9.42 Å². The van der Waals surface area contributed by atoms with E-state index in [9.17, 15) is 14.3 Å². The van der Waals surface area contributed by atoms with Crippen LogP contribution in [0.2, 0.25) is 0 Å². The largest absolute Gasteiger partial charge is 0.410 e. The van der Waals surface area contributed by atoms with E-state index in [2.05, 4.69) is 4.52 Å². The molecule has 1 aliphatic carbocycles.